The van der Waals surface area contributed by atoms with Gasteiger partial charge in [0.25, 0.3) is 0 Å². The zero-order valence-corrected chi connectivity index (χ0v) is 17.4. The summed E-state index contributed by atoms with van der Waals surface area (Å²) in [6, 6.07) is 16.6. The van der Waals surface area contributed by atoms with Crippen molar-refractivity contribution in [1.82, 2.24) is 0 Å². The van der Waals surface area contributed by atoms with Gasteiger partial charge in [0.15, 0.2) is 5.76 Å². The average Bonchev–Trinajstić information content (AvgIpc) is 3.04. The standard InChI is InChI=1S/C26H21FO4/c1-15(2)18-10-8-17(9-11-18)13-23-25(28)24-16(3)12-19(14-22(24)31-23)30-26(29)20-6-4-5-7-21(20)27/h4-15H,1-3H3/b23-13-. The van der Waals surface area contributed by atoms with Gasteiger partial charge < -0.3 is 9.47 Å². The molecule has 1 heterocycles. The predicted octanol–water partition coefficient (Wildman–Crippen LogP) is 6.09. The fourth-order valence-electron chi connectivity index (χ4n) is 3.45. The molecule has 4 nitrogen and oxygen atoms in total. The van der Waals surface area contributed by atoms with E-state index < -0.39 is 11.8 Å². The lowest BCUT2D eigenvalue weighted by atomic mass is 10.0. The number of carbonyl (C=O) groups excluding carboxylic acids is 2. The summed E-state index contributed by atoms with van der Waals surface area (Å²) in [5.41, 5.74) is 2.93. The second-order valence-electron chi connectivity index (χ2n) is 7.74. The highest BCUT2D eigenvalue weighted by atomic mass is 19.1. The average molecular weight is 416 g/mol. The summed E-state index contributed by atoms with van der Waals surface area (Å²) in [6.07, 6.45) is 1.69. The van der Waals surface area contributed by atoms with Gasteiger partial charge in [-0.2, -0.15) is 0 Å². The van der Waals surface area contributed by atoms with Gasteiger partial charge in [0, 0.05) is 6.07 Å². The number of allylic oxidation sites excluding steroid dienone is 1. The first kappa shape index (κ1) is 20.5. The third-order valence-corrected chi connectivity index (χ3v) is 5.15. The van der Waals surface area contributed by atoms with Crippen molar-refractivity contribution in [1.29, 1.82) is 0 Å². The summed E-state index contributed by atoms with van der Waals surface area (Å²) < 4.78 is 24.9. The van der Waals surface area contributed by atoms with Crippen molar-refractivity contribution in [2.24, 2.45) is 0 Å². The highest BCUT2D eigenvalue weighted by molar-refractivity contribution is 6.15. The van der Waals surface area contributed by atoms with E-state index in [1.54, 1.807) is 25.1 Å². The molecule has 3 aromatic rings. The Bertz CT molecular complexity index is 1210. The molecule has 0 saturated heterocycles. The monoisotopic (exact) mass is 416 g/mol. The van der Waals surface area contributed by atoms with E-state index >= 15 is 0 Å². The third kappa shape index (κ3) is 4.12. The van der Waals surface area contributed by atoms with Crippen molar-refractivity contribution in [2.45, 2.75) is 26.7 Å². The van der Waals surface area contributed by atoms with Crippen LogP contribution in [0.2, 0.25) is 0 Å². The first-order chi connectivity index (χ1) is 14.8. The number of Topliss-reactive ketones (excluding diaryl/α,β-unsaturated/α-hetero) is 1. The second-order valence-corrected chi connectivity index (χ2v) is 7.74. The van der Waals surface area contributed by atoms with Crippen LogP contribution in [0.25, 0.3) is 6.08 Å². The van der Waals surface area contributed by atoms with E-state index in [9.17, 15) is 14.0 Å². The quantitative estimate of drug-likeness (QED) is 0.293. The van der Waals surface area contributed by atoms with Gasteiger partial charge in [-0.3, -0.25) is 4.79 Å². The number of hydrogen-bond donors (Lipinski definition) is 0. The summed E-state index contributed by atoms with van der Waals surface area (Å²) in [5, 5.41) is 0. The Hall–Kier alpha value is -3.73. The third-order valence-electron chi connectivity index (χ3n) is 5.15. The number of fused-ring (bicyclic) bond motifs is 1. The molecule has 0 radical (unpaired) electrons. The Kier molecular flexibility index (Phi) is 5.42. The number of rotatable bonds is 4. The molecule has 3 aromatic carbocycles. The summed E-state index contributed by atoms with van der Waals surface area (Å²) >= 11 is 0. The van der Waals surface area contributed by atoms with Crippen molar-refractivity contribution < 1.29 is 23.5 Å². The lowest BCUT2D eigenvalue weighted by Gasteiger charge is -2.08. The summed E-state index contributed by atoms with van der Waals surface area (Å²) in [4.78, 5) is 25.2. The SMILES string of the molecule is Cc1cc(OC(=O)c2ccccc2F)cc2c1C(=O)/C(=C/c1ccc(C(C)C)cc1)O2. The van der Waals surface area contributed by atoms with E-state index in [1.165, 1.54) is 29.8 Å². The van der Waals surface area contributed by atoms with Crippen LogP contribution in [0.1, 0.15) is 57.2 Å². The molecule has 0 saturated carbocycles. The number of hydrogen-bond acceptors (Lipinski definition) is 4. The Morgan fingerprint density at radius 3 is 2.45 bits per heavy atom. The molecule has 0 bridgehead atoms. The predicted molar refractivity (Wildman–Crippen MR) is 116 cm³/mol. The van der Waals surface area contributed by atoms with Crippen LogP contribution in [0.5, 0.6) is 11.5 Å². The molecule has 31 heavy (non-hydrogen) atoms. The van der Waals surface area contributed by atoms with Gasteiger partial charge in [0.2, 0.25) is 5.78 Å². The normalized spacial score (nSPS) is 14.0. The topological polar surface area (TPSA) is 52.6 Å². The van der Waals surface area contributed by atoms with Crippen molar-refractivity contribution in [3.05, 3.63) is 100 Å². The van der Waals surface area contributed by atoms with Crippen molar-refractivity contribution in [3.8, 4) is 11.5 Å². The highest BCUT2D eigenvalue weighted by Gasteiger charge is 2.30. The van der Waals surface area contributed by atoms with E-state index in [0.717, 1.165) is 5.56 Å². The number of aryl methyl sites for hydroxylation is 1. The van der Waals surface area contributed by atoms with E-state index in [1.807, 2.05) is 24.3 Å². The fourth-order valence-corrected chi connectivity index (χ4v) is 3.45. The molecule has 0 N–H and O–H groups in total. The molecule has 4 rings (SSSR count). The Labute approximate surface area is 179 Å². The minimum absolute atomic E-state index is 0.164. The molecule has 0 aromatic heterocycles. The lowest BCUT2D eigenvalue weighted by molar-refractivity contribution is 0.0729. The Morgan fingerprint density at radius 1 is 1.06 bits per heavy atom. The van der Waals surface area contributed by atoms with E-state index in [-0.39, 0.29) is 22.9 Å². The van der Waals surface area contributed by atoms with Crippen LogP contribution in [0.4, 0.5) is 4.39 Å². The van der Waals surface area contributed by atoms with Gasteiger partial charge in [0.1, 0.15) is 17.3 Å². The number of carbonyl (C=O) groups is 2. The minimum Gasteiger partial charge on any atom is -0.452 e. The zero-order valence-electron chi connectivity index (χ0n) is 17.4. The molecule has 0 fully saturated rings. The number of ketones is 1. The number of ether oxygens (including phenoxy) is 2. The van der Waals surface area contributed by atoms with E-state index in [4.69, 9.17) is 9.47 Å². The highest BCUT2D eigenvalue weighted by Crippen LogP contribution is 2.37. The van der Waals surface area contributed by atoms with Crippen LogP contribution in [-0.2, 0) is 0 Å². The molecule has 0 aliphatic carbocycles. The number of esters is 1. The maximum atomic E-state index is 13.8. The lowest BCUT2D eigenvalue weighted by Crippen LogP contribution is -2.10. The minimum atomic E-state index is -0.817. The smallest absolute Gasteiger partial charge is 0.346 e. The molecule has 156 valence electrons. The van der Waals surface area contributed by atoms with Crippen LogP contribution in [0, 0.1) is 12.7 Å². The molecule has 1 aliphatic rings. The van der Waals surface area contributed by atoms with Gasteiger partial charge in [-0.15, -0.1) is 0 Å². The van der Waals surface area contributed by atoms with Crippen LogP contribution in [0.15, 0.2) is 66.4 Å². The number of halogens is 1. The Balaban J connectivity index is 1.59. The van der Waals surface area contributed by atoms with Crippen LogP contribution >= 0.6 is 0 Å². The summed E-state index contributed by atoms with van der Waals surface area (Å²) in [5.74, 6) is -0.594. The summed E-state index contributed by atoms with van der Waals surface area (Å²) in [6.45, 7) is 5.97. The maximum absolute atomic E-state index is 13.8. The molecule has 0 amide bonds. The fraction of sp³-hybridized carbons (Fsp3) is 0.154. The van der Waals surface area contributed by atoms with Gasteiger partial charge in [-0.25, -0.2) is 9.18 Å². The van der Waals surface area contributed by atoms with Crippen molar-refractivity contribution >= 4 is 17.8 Å². The van der Waals surface area contributed by atoms with Crippen LogP contribution in [-0.4, -0.2) is 11.8 Å². The van der Waals surface area contributed by atoms with Crippen molar-refractivity contribution in [3.63, 3.8) is 0 Å². The second kappa shape index (κ2) is 8.19. The van der Waals surface area contributed by atoms with E-state index in [0.29, 0.717) is 22.8 Å². The molecule has 1 aliphatic heterocycles. The largest absolute Gasteiger partial charge is 0.452 e. The molecule has 0 spiro atoms. The van der Waals surface area contributed by atoms with Crippen LogP contribution in [0.3, 0.4) is 0 Å². The van der Waals surface area contributed by atoms with Gasteiger partial charge in [-0.05, 0) is 53.8 Å². The van der Waals surface area contributed by atoms with Crippen LogP contribution < -0.4 is 9.47 Å². The van der Waals surface area contributed by atoms with Crippen molar-refractivity contribution in [2.75, 3.05) is 0 Å². The molecule has 5 heteroatoms. The Morgan fingerprint density at radius 2 is 1.77 bits per heavy atom. The molecular formula is C26H21FO4. The van der Waals surface area contributed by atoms with E-state index in [2.05, 4.69) is 13.8 Å². The summed E-state index contributed by atoms with van der Waals surface area (Å²) in [7, 11) is 0. The first-order valence-corrected chi connectivity index (χ1v) is 9.99. The molecule has 0 atom stereocenters. The van der Waals surface area contributed by atoms with Gasteiger partial charge >= 0.3 is 5.97 Å². The molecule has 0 unspecified atom stereocenters. The van der Waals surface area contributed by atoms with Gasteiger partial charge in [0.05, 0.1) is 11.1 Å². The first-order valence-electron chi connectivity index (χ1n) is 9.99. The maximum Gasteiger partial charge on any atom is 0.346 e. The van der Waals surface area contributed by atoms with Gasteiger partial charge in [-0.1, -0.05) is 50.2 Å². The number of benzene rings is 3. The molecular weight excluding hydrogens is 395 g/mol. The zero-order chi connectivity index (χ0) is 22.1.